The average molecular weight is 213 g/mol. The Kier molecular flexibility index (Phi) is 4.60. The first kappa shape index (κ1) is 13.0. The topological polar surface area (TPSA) is 23.5 Å². The molecule has 1 saturated carbocycles. The van der Waals surface area contributed by atoms with Crippen LogP contribution in [0.3, 0.4) is 0 Å². The lowest BCUT2D eigenvalue weighted by atomic mass is 9.82. The molecule has 0 aromatic heterocycles. The summed E-state index contributed by atoms with van der Waals surface area (Å²) < 4.78 is 0. The first-order valence-electron chi connectivity index (χ1n) is 6.51. The molecule has 0 amide bonds. The predicted molar refractivity (Wildman–Crippen MR) is 65.0 cm³/mol. The summed E-state index contributed by atoms with van der Waals surface area (Å²) in [5.41, 5.74) is 0.0810. The number of likely N-dealkylation sites (N-methyl/N-ethyl adjacent to an activating group) is 1. The fraction of sp³-hybridized carbons (Fsp3) is 1.00. The predicted octanol–water partition coefficient (Wildman–Crippen LogP) is 2.66. The van der Waals surface area contributed by atoms with Crippen molar-refractivity contribution in [1.82, 2.24) is 4.90 Å². The van der Waals surface area contributed by atoms with E-state index in [-0.39, 0.29) is 11.6 Å². The van der Waals surface area contributed by atoms with Gasteiger partial charge >= 0.3 is 0 Å². The van der Waals surface area contributed by atoms with Crippen LogP contribution in [0, 0.1) is 5.92 Å². The normalized spacial score (nSPS) is 22.6. The third-order valence-electron chi connectivity index (χ3n) is 4.04. The van der Waals surface area contributed by atoms with Crippen LogP contribution in [-0.2, 0) is 0 Å². The molecule has 0 aliphatic heterocycles. The van der Waals surface area contributed by atoms with Gasteiger partial charge in [-0.15, -0.1) is 0 Å². The molecule has 1 aliphatic rings. The maximum atomic E-state index is 10.5. The number of aliphatic hydroxyl groups excluding tert-OH is 1. The van der Waals surface area contributed by atoms with Gasteiger partial charge in [-0.1, -0.05) is 40.5 Å². The monoisotopic (exact) mass is 213 g/mol. The highest BCUT2D eigenvalue weighted by Crippen LogP contribution is 2.40. The van der Waals surface area contributed by atoms with Gasteiger partial charge in [-0.25, -0.2) is 0 Å². The van der Waals surface area contributed by atoms with Crippen LogP contribution in [0.1, 0.15) is 53.4 Å². The molecule has 0 aromatic rings. The van der Waals surface area contributed by atoms with Gasteiger partial charge in [0.1, 0.15) is 0 Å². The van der Waals surface area contributed by atoms with E-state index >= 15 is 0 Å². The molecule has 1 aliphatic carbocycles. The van der Waals surface area contributed by atoms with Crippen molar-refractivity contribution < 1.29 is 5.11 Å². The minimum Gasteiger partial charge on any atom is -0.391 e. The van der Waals surface area contributed by atoms with Gasteiger partial charge in [0, 0.05) is 5.54 Å². The van der Waals surface area contributed by atoms with Gasteiger partial charge in [0.15, 0.2) is 0 Å². The van der Waals surface area contributed by atoms with Crippen LogP contribution in [0.15, 0.2) is 0 Å². The molecule has 1 fully saturated rings. The number of hydrogen-bond donors (Lipinski definition) is 1. The first-order valence-corrected chi connectivity index (χ1v) is 6.51. The molecule has 0 heterocycles. The van der Waals surface area contributed by atoms with Gasteiger partial charge in [0.2, 0.25) is 0 Å². The summed E-state index contributed by atoms with van der Waals surface area (Å²) in [6.07, 6.45) is 4.74. The number of nitrogens with zero attached hydrogens (tertiary/aromatic N) is 1. The highest BCUT2D eigenvalue weighted by Gasteiger charge is 2.45. The van der Waals surface area contributed by atoms with E-state index in [0.29, 0.717) is 5.92 Å². The molecule has 0 bridgehead atoms. The minimum absolute atomic E-state index is 0.0810. The van der Waals surface area contributed by atoms with Crippen LogP contribution in [0.2, 0.25) is 0 Å². The van der Waals surface area contributed by atoms with Crippen LogP contribution in [0.25, 0.3) is 0 Å². The Balaban J connectivity index is 2.86. The summed E-state index contributed by atoms with van der Waals surface area (Å²) in [6.45, 7) is 10.8. The van der Waals surface area contributed by atoms with E-state index in [2.05, 4.69) is 32.6 Å². The SMILES string of the molecule is CCN(CC)C1(C(O)C(C)C)CCCC1. The van der Waals surface area contributed by atoms with Gasteiger partial charge < -0.3 is 5.11 Å². The Morgan fingerprint density at radius 3 is 1.93 bits per heavy atom. The highest BCUT2D eigenvalue weighted by atomic mass is 16.3. The standard InChI is InChI=1S/C13H27NO/c1-5-14(6-2)13(9-7-8-10-13)12(15)11(3)4/h11-12,15H,5-10H2,1-4H3. The Morgan fingerprint density at radius 2 is 1.60 bits per heavy atom. The highest BCUT2D eigenvalue weighted by molar-refractivity contribution is 5.00. The molecule has 0 radical (unpaired) electrons. The summed E-state index contributed by atoms with van der Waals surface area (Å²) in [6, 6.07) is 0. The maximum absolute atomic E-state index is 10.5. The fourth-order valence-corrected chi connectivity index (χ4v) is 3.26. The van der Waals surface area contributed by atoms with E-state index in [9.17, 15) is 5.11 Å². The van der Waals surface area contributed by atoms with Gasteiger partial charge in [-0.05, 0) is 31.8 Å². The van der Waals surface area contributed by atoms with E-state index in [1.165, 1.54) is 25.7 Å². The van der Waals surface area contributed by atoms with Crippen molar-refractivity contribution >= 4 is 0 Å². The van der Waals surface area contributed by atoms with Crippen molar-refractivity contribution in [3.63, 3.8) is 0 Å². The van der Waals surface area contributed by atoms with Crippen molar-refractivity contribution in [3.8, 4) is 0 Å². The van der Waals surface area contributed by atoms with Crippen molar-refractivity contribution in [2.45, 2.75) is 65.0 Å². The maximum Gasteiger partial charge on any atom is 0.0746 e. The van der Waals surface area contributed by atoms with Gasteiger partial charge in [-0.3, -0.25) is 4.90 Å². The van der Waals surface area contributed by atoms with Gasteiger partial charge in [-0.2, -0.15) is 0 Å². The fourth-order valence-electron chi connectivity index (χ4n) is 3.26. The van der Waals surface area contributed by atoms with Gasteiger partial charge in [0.25, 0.3) is 0 Å². The van der Waals surface area contributed by atoms with Crippen LogP contribution >= 0.6 is 0 Å². The summed E-state index contributed by atoms with van der Waals surface area (Å²) in [5, 5.41) is 10.5. The zero-order chi connectivity index (χ0) is 11.5. The van der Waals surface area contributed by atoms with Crippen LogP contribution < -0.4 is 0 Å². The number of aliphatic hydroxyl groups is 1. The average Bonchev–Trinajstić information content (AvgIpc) is 2.68. The van der Waals surface area contributed by atoms with E-state index in [0.717, 1.165) is 13.1 Å². The molecule has 90 valence electrons. The molecule has 1 unspecified atom stereocenters. The second-order valence-corrected chi connectivity index (χ2v) is 5.17. The number of rotatable bonds is 5. The Bertz CT molecular complexity index is 177. The smallest absolute Gasteiger partial charge is 0.0746 e. The third kappa shape index (κ3) is 2.36. The molecule has 1 atom stereocenters. The first-order chi connectivity index (χ1) is 7.08. The summed E-state index contributed by atoms with van der Waals surface area (Å²) in [4.78, 5) is 2.48. The van der Waals surface area contributed by atoms with E-state index in [1.807, 2.05) is 0 Å². The summed E-state index contributed by atoms with van der Waals surface area (Å²) in [5.74, 6) is 0.365. The molecule has 1 rings (SSSR count). The largest absolute Gasteiger partial charge is 0.391 e. The molecular weight excluding hydrogens is 186 g/mol. The van der Waals surface area contributed by atoms with Crippen molar-refractivity contribution in [1.29, 1.82) is 0 Å². The van der Waals surface area contributed by atoms with Crippen molar-refractivity contribution in [2.75, 3.05) is 13.1 Å². The lowest BCUT2D eigenvalue weighted by Crippen LogP contribution is -2.56. The Labute approximate surface area is 94.7 Å². The summed E-state index contributed by atoms with van der Waals surface area (Å²) in [7, 11) is 0. The molecule has 0 aromatic carbocycles. The summed E-state index contributed by atoms with van der Waals surface area (Å²) >= 11 is 0. The van der Waals surface area contributed by atoms with Crippen LogP contribution in [-0.4, -0.2) is 34.7 Å². The lowest BCUT2D eigenvalue weighted by molar-refractivity contribution is -0.0483. The quantitative estimate of drug-likeness (QED) is 0.759. The second kappa shape index (κ2) is 5.31. The van der Waals surface area contributed by atoms with Crippen LogP contribution in [0.5, 0.6) is 0 Å². The molecule has 0 spiro atoms. The Hall–Kier alpha value is -0.0800. The molecule has 1 N–H and O–H groups in total. The molecule has 2 nitrogen and oxygen atoms in total. The van der Waals surface area contributed by atoms with E-state index in [1.54, 1.807) is 0 Å². The zero-order valence-corrected chi connectivity index (χ0v) is 10.8. The molecule has 15 heavy (non-hydrogen) atoms. The third-order valence-corrected chi connectivity index (χ3v) is 4.04. The van der Waals surface area contributed by atoms with Crippen molar-refractivity contribution in [2.24, 2.45) is 5.92 Å². The zero-order valence-electron chi connectivity index (χ0n) is 10.8. The number of hydrogen-bond acceptors (Lipinski definition) is 2. The molecule has 2 heteroatoms. The minimum atomic E-state index is -0.167. The van der Waals surface area contributed by atoms with E-state index < -0.39 is 0 Å². The lowest BCUT2D eigenvalue weighted by Gasteiger charge is -2.45. The molecule has 0 saturated heterocycles. The van der Waals surface area contributed by atoms with Gasteiger partial charge in [0.05, 0.1) is 6.10 Å². The van der Waals surface area contributed by atoms with Crippen molar-refractivity contribution in [3.05, 3.63) is 0 Å². The van der Waals surface area contributed by atoms with Crippen LogP contribution in [0.4, 0.5) is 0 Å². The molecular formula is C13H27NO. The second-order valence-electron chi connectivity index (χ2n) is 5.17. The van der Waals surface area contributed by atoms with E-state index in [4.69, 9.17) is 0 Å². The Morgan fingerprint density at radius 1 is 1.13 bits per heavy atom.